The van der Waals surface area contributed by atoms with Gasteiger partial charge in [-0.1, -0.05) is 24.3 Å². The SMILES string of the molecule is NNN1C(=O)c2cccc3cccc(c23)C1=O. The van der Waals surface area contributed by atoms with Crippen LogP contribution in [0.1, 0.15) is 20.7 Å². The molecule has 1 aliphatic rings. The maximum atomic E-state index is 12.0. The van der Waals surface area contributed by atoms with E-state index in [1.165, 1.54) is 0 Å². The molecular weight excluding hydrogens is 218 g/mol. The molecule has 0 saturated heterocycles. The van der Waals surface area contributed by atoms with Crippen LogP contribution >= 0.6 is 0 Å². The molecule has 5 nitrogen and oxygen atoms in total. The molecule has 2 aromatic rings. The highest BCUT2D eigenvalue weighted by Gasteiger charge is 2.32. The van der Waals surface area contributed by atoms with Gasteiger partial charge in [0.15, 0.2) is 0 Å². The van der Waals surface area contributed by atoms with E-state index in [1.807, 2.05) is 12.1 Å². The van der Waals surface area contributed by atoms with Gasteiger partial charge in [-0.05, 0) is 17.5 Å². The summed E-state index contributed by atoms with van der Waals surface area (Å²) in [6.07, 6.45) is 0. The van der Waals surface area contributed by atoms with Crippen LogP contribution in [0.5, 0.6) is 0 Å². The van der Waals surface area contributed by atoms with Gasteiger partial charge < -0.3 is 0 Å². The fourth-order valence-electron chi connectivity index (χ4n) is 2.15. The summed E-state index contributed by atoms with van der Waals surface area (Å²) in [5.41, 5.74) is 3.09. The number of nitrogens with zero attached hydrogens (tertiary/aromatic N) is 1. The Hall–Kier alpha value is -2.24. The molecule has 0 unspecified atom stereocenters. The van der Waals surface area contributed by atoms with Gasteiger partial charge in [0, 0.05) is 5.39 Å². The highest BCUT2D eigenvalue weighted by molar-refractivity contribution is 6.25. The van der Waals surface area contributed by atoms with Crippen LogP contribution < -0.4 is 11.4 Å². The molecule has 1 aliphatic heterocycles. The molecule has 0 bridgehead atoms. The van der Waals surface area contributed by atoms with Crippen molar-refractivity contribution in [3.05, 3.63) is 47.5 Å². The predicted octanol–water partition coefficient (Wildman–Crippen LogP) is 0.814. The second-order valence-electron chi connectivity index (χ2n) is 3.78. The number of hydrogen-bond acceptors (Lipinski definition) is 4. The predicted molar refractivity (Wildman–Crippen MR) is 61.8 cm³/mol. The van der Waals surface area contributed by atoms with E-state index in [0.717, 1.165) is 10.4 Å². The van der Waals surface area contributed by atoms with Crippen molar-refractivity contribution in [2.45, 2.75) is 0 Å². The fourth-order valence-corrected chi connectivity index (χ4v) is 2.15. The Balaban J connectivity index is 2.43. The Morgan fingerprint density at radius 2 is 1.47 bits per heavy atom. The molecular formula is C12H9N3O2. The molecule has 0 aliphatic carbocycles. The number of imide groups is 1. The number of hydrazine groups is 2. The third-order valence-electron chi connectivity index (χ3n) is 2.90. The van der Waals surface area contributed by atoms with Gasteiger partial charge >= 0.3 is 0 Å². The summed E-state index contributed by atoms with van der Waals surface area (Å²) in [4.78, 5) is 24.0. The zero-order valence-electron chi connectivity index (χ0n) is 8.81. The summed E-state index contributed by atoms with van der Waals surface area (Å²) < 4.78 is 0. The number of amides is 2. The van der Waals surface area contributed by atoms with E-state index in [2.05, 4.69) is 5.53 Å². The Morgan fingerprint density at radius 1 is 0.941 bits per heavy atom. The quantitative estimate of drug-likeness (QED) is 0.429. The summed E-state index contributed by atoms with van der Waals surface area (Å²) >= 11 is 0. The molecule has 2 aromatic carbocycles. The Morgan fingerprint density at radius 3 is 1.94 bits per heavy atom. The van der Waals surface area contributed by atoms with Crippen LogP contribution in [0.4, 0.5) is 0 Å². The Kier molecular flexibility index (Phi) is 1.98. The molecule has 0 saturated carbocycles. The van der Waals surface area contributed by atoms with Gasteiger partial charge in [0.05, 0.1) is 11.1 Å². The maximum Gasteiger partial charge on any atom is 0.277 e. The van der Waals surface area contributed by atoms with Crippen molar-refractivity contribution in [2.75, 3.05) is 0 Å². The van der Waals surface area contributed by atoms with Gasteiger partial charge in [-0.25, -0.2) is 0 Å². The third-order valence-corrected chi connectivity index (χ3v) is 2.90. The smallest absolute Gasteiger partial charge is 0.267 e. The molecule has 3 N–H and O–H groups in total. The van der Waals surface area contributed by atoms with E-state index in [1.54, 1.807) is 24.3 Å². The molecule has 0 aromatic heterocycles. The molecule has 0 radical (unpaired) electrons. The van der Waals surface area contributed by atoms with Crippen molar-refractivity contribution in [3.63, 3.8) is 0 Å². The van der Waals surface area contributed by atoms with E-state index < -0.39 is 11.8 Å². The summed E-state index contributed by atoms with van der Waals surface area (Å²) in [6, 6.07) is 10.7. The van der Waals surface area contributed by atoms with Gasteiger partial charge in [-0.3, -0.25) is 15.4 Å². The molecule has 3 rings (SSSR count). The van der Waals surface area contributed by atoms with Crippen molar-refractivity contribution >= 4 is 22.6 Å². The van der Waals surface area contributed by atoms with Crippen LogP contribution in [0.3, 0.4) is 0 Å². The lowest BCUT2D eigenvalue weighted by molar-refractivity contribution is 0.0522. The van der Waals surface area contributed by atoms with Gasteiger partial charge in [0.25, 0.3) is 11.8 Å². The van der Waals surface area contributed by atoms with Crippen molar-refractivity contribution in [1.82, 2.24) is 10.5 Å². The lowest BCUT2D eigenvalue weighted by atomic mass is 9.95. The van der Waals surface area contributed by atoms with Gasteiger partial charge in [0.2, 0.25) is 0 Å². The maximum absolute atomic E-state index is 12.0. The highest BCUT2D eigenvalue weighted by atomic mass is 16.2. The minimum atomic E-state index is -0.429. The first-order chi connectivity index (χ1) is 8.24. The van der Waals surface area contributed by atoms with E-state index in [4.69, 9.17) is 5.84 Å². The van der Waals surface area contributed by atoms with Crippen LogP contribution in [-0.4, -0.2) is 16.8 Å². The van der Waals surface area contributed by atoms with Crippen LogP contribution in [0, 0.1) is 0 Å². The number of hydrogen-bond donors (Lipinski definition) is 2. The summed E-state index contributed by atoms with van der Waals surface area (Å²) in [6.45, 7) is 0. The number of carbonyl (C=O) groups excluding carboxylic acids is 2. The molecule has 0 spiro atoms. The molecule has 0 atom stereocenters. The normalized spacial score (nSPS) is 14.5. The zero-order chi connectivity index (χ0) is 12.0. The number of carbonyl (C=O) groups is 2. The van der Waals surface area contributed by atoms with Crippen LogP contribution in [0.15, 0.2) is 36.4 Å². The van der Waals surface area contributed by atoms with Crippen molar-refractivity contribution in [2.24, 2.45) is 5.84 Å². The second-order valence-corrected chi connectivity index (χ2v) is 3.78. The summed E-state index contributed by atoms with van der Waals surface area (Å²) in [7, 11) is 0. The van der Waals surface area contributed by atoms with E-state index in [-0.39, 0.29) is 0 Å². The van der Waals surface area contributed by atoms with Crippen molar-refractivity contribution in [3.8, 4) is 0 Å². The van der Waals surface area contributed by atoms with Crippen molar-refractivity contribution in [1.29, 1.82) is 0 Å². The average Bonchev–Trinajstić information content (AvgIpc) is 2.36. The number of nitrogens with two attached hydrogens (primary N) is 1. The number of benzene rings is 2. The lowest BCUT2D eigenvalue weighted by Gasteiger charge is -2.25. The van der Waals surface area contributed by atoms with Crippen LogP contribution in [0.2, 0.25) is 0 Å². The first-order valence-electron chi connectivity index (χ1n) is 5.11. The van der Waals surface area contributed by atoms with Gasteiger partial charge in [-0.2, -0.15) is 10.5 Å². The number of rotatable bonds is 1. The zero-order valence-corrected chi connectivity index (χ0v) is 8.81. The van der Waals surface area contributed by atoms with E-state index in [9.17, 15) is 9.59 Å². The van der Waals surface area contributed by atoms with Gasteiger partial charge in [-0.15, -0.1) is 0 Å². The Labute approximate surface area is 96.8 Å². The second kappa shape index (κ2) is 3.38. The van der Waals surface area contributed by atoms with Crippen LogP contribution in [0.25, 0.3) is 10.8 Å². The fraction of sp³-hybridized carbons (Fsp3) is 0. The molecule has 5 heteroatoms. The average molecular weight is 227 g/mol. The molecule has 2 amide bonds. The molecule has 1 heterocycles. The first kappa shape index (κ1) is 9.95. The third kappa shape index (κ3) is 1.20. The van der Waals surface area contributed by atoms with Crippen LogP contribution in [-0.2, 0) is 0 Å². The molecule has 0 fully saturated rings. The van der Waals surface area contributed by atoms with E-state index in [0.29, 0.717) is 16.5 Å². The first-order valence-corrected chi connectivity index (χ1v) is 5.11. The minimum absolute atomic E-state index is 0.429. The topological polar surface area (TPSA) is 75.4 Å². The standard InChI is InChI=1S/C12H9N3O2/c13-14-15-11(16)8-5-1-3-7-4-2-6-9(10(7)8)12(15)17/h1-6,14H,13H2. The summed E-state index contributed by atoms with van der Waals surface area (Å²) in [5.74, 6) is 4.35. The van der Waals surface area contributed by atoms with Gasteiger partial charge in [0.1, 0.15) is 0 Å². The number of nitrogens with one attached hydrogen (secondary N) is 1. The Bertz CT molecular complexity index is 600. The highest BCUT2D eigenvalue weighted by Crippen LogP contribution is 2.28. The van der Waals surface area contributed by atoms with E-state index >= 15 is 0 Å². The molecule has 17 heavy (non-hydrogen) atoms. The molecule has 84 valence electrons. The van der Waals surface area contributed by atoms with Crippen molar-refractivity contribution < 1.29 is 9.59 Å². The summed E-state index contributed by atoms with van der Waals surface area (Å²) in [5, 5.41) is 2.38. The largest absolute Gasteiger partial charge is 0.277 e. The lowest BCUT2D eigenvalue weighted by Crippen LogP contribution is -2.52. The minimum Gasteiger partial charge on any atom is -0.267 e. The monoisotopic (exact) mass is 227 g/mol.